The van der Waals surface area contributed by atoms with Gasteiger partial charge in [-0.15, -0.1) is 5.10 Å². The number of anilines is 1. The highest BCUT2D eigenvalue weighted by Crippen LogP contribution is 2.14. The molecule has 25 heavy (non-hydrogen) atoms. The van der Waals surface area contributed by atoms with Gasteiger partial charge in [0.05, 0.1) is 29.7 Å². The zero-order valence-electron chi connectivity index (χ0n) is 14.4. The molecule has 0 aliphatic rings. The number of nitrogens with zero attached hydrogens (tertiary/aromatic N) is 7. The summed E-state index contributed by atoms with van der Waals surface area (Å²) in [5.41, 5.74) is 2.05. The van der Waals surface area contributed by atoms with E-state index in [4.69, 9.17) is 0 Å². The number of hydrogen-bond donors (Lipinski definition) is 1. The van der Waals surface area contributed by atoms with E-state index in [2.05, 4.69) is 30.4 Å². The van der Waals surface area contributed by atoms with Crippen molar-refractivity contribution in [2.75, 3.05) is 26.0 Å². The highest BCUT2D eigenvalue weighted by atomic mass is 16.1. The molecule has 1 N–H and O–H groups in total. The minimum atomic E-state index is -0.289. The summed E-state index contributed by atoms with van der Waals surface area (Å²) in [5, 5.41) is 11.2. The third kappa shape index (κ3) is 3.89. The van der Waals surface area contributed by atoms with Gasteiger partial charge in [-0.05, 0) is 33.2 Å². The molecule has 0 unspecified atom stereocenters. The summed E-state index contributed by atoms with van der Waals surface area (Å²) in [7, 11) is 3.98. The predicted octanol–water partition coefficient (Wildman–Crippen LogP) is 0.981. The van der Waals surface area contributed by atoms with Crippen LogP contribution >= 0.6 is 0 Å². The zero-order chi connectivity index (χ0) is 17.8. The third-order valence-electron chi connectivity index (χ3n) is 3.70. The number of nitrogens with one attached hydrogen (secondary N) is 1. The Bertz CT molecular complexity index is 852. The quantitative estimate of drug-likeness (QED) is 0.719. The van der Waals surface area contributed by atoms with Gasteiger partial charge in [0.1, 0.15) is 6.33 Å². The molecule has 3 rings (SSSR count). The number of amides is 1. The molecule has 0 bridgehead atoms. The van der Waals surface area contributed by atoms with Crippen LogP contribution in [0.2, 0.25) is 0 Å². The molecule has 3 heterocycles. The largest absolute Gasteiger partial charge is 0.308 e. The smallest absolute Gasteiger partial charge is 0.261 e. The lowest BCUT2D eigenvalue weighted by molar-refractivity contribution is 0.102. The second kappa shape index (κ2) is 7.22. The van der Waals surface area contributed by atoms with Crippen molar-refractivity contribution in [3.63, 3.8) is 0 Å². The van der Waals surface area contributed by atoms with Gasteiger partial charge in [-0.1, -0.05) is 0 Å². The Morgan fingerprint density at radius 3 is 2.76 bits per heavy atom. The first-order valence-electron chi connectivity index (χ1n) is 7.85. The second-order valence-corrected chi connectivity index (χ2v) is 5.85. The topological polar surface area (TPSA) is 93.8 Å². The fourth-order valence-electron chi connectivity index (χ4n) is 2.31. The molecule has 0 aliphatic heterocycles. The van der Waals surface area contributed by atoms with Crippen LogP contribution in [0.5, 0.6) is 0 Å². The van der Waals surface area contributed by atoms with Crippen LogP contribution < -0.4 is 5.32 Å². The third-order valence-corrected chi connectivity index (χ3v) is 3.70. The number of likely N-dealkylation sites (N-methyl/N-ethyl adjacent to an activating group) is 1. The minimum absolute atomic E-state index is 0.278. The van der Waals surface area contributed by atoms with Crippen molar-refractivity contribution in [3.8, 4) is 5.69 Å². The van der Waals surface area contributed by atoms with Crippen LogP contribution in [0.25, 0.3) is 5.69 Å². The fraction of sp³-hybridized carbons (Fsp3) is 0.312. The van der Waals surface area contributed by atoms with Crippen LogP contribution in [0.15, 0.2) is 37.1 Å². The first kappa shape index (κ1) is 16.8. The molecule has 0 spiro atoms. The summed E-state index contributed by atoms with van der Waals surface area (Å²) in [5.74, 6) is -0.0111. The molecule has 0 radical (unpaired) electrons. The zero-order valence-corrected chi connectivity index (χ0v) is 14.4. The Morgan fingerprint density at radius 1 is 1.28 bits per heavy atom. The van der Waals surface area contributed by atoms with E-state index < -0.39 is 0 Å². The van der Waals surface area contributed by atoms with E-state index in [0.717, 1.165) is 17.9 Å². The SMILES string of the molecule is Cc1c(C(=O)Nc2ncn(CCN(C)C)n2)cnn1-c1ccncc1. The number of carbonyl (C=O) groups excluding carboxylic acids is 1. The molecular formula is C16H20N8O. The standard InChI is InChI=1S/C16H20N8O/c1-12-14(10-19-24(12)13-4-6-17-7-5-13)15(25)20-16-18-11-23(21-16)9-8-22(2)3/h4-7,10-11H,8-9H2,1-3H3,(H,20,21,25). The van der Waals surface area contributed by atoms with Gasteiger partial charge in [-0.25, -0.2) is 14.3 Å². The Hall–Kier alpha value is -3.07. The molecule has 0 aromatic carbocycles. The Kier molecular flexibility index (Phi) is 4.85. The van der Waals surface area contributed by atoms with Crippen molar-refractivity contribution < 1.29 is 4.79 Å². The van der Waals surface area contributed by atoms with E-state index in [1.54, 1.807) is 28.1 Å². The first-order chi connectivity index (χ1) is 12.0. The van der Waals surface area contributed by atoms with E-state index in [9.17, 15) is 4.79 Å². The number of hydrogen-bond acceptors (Lipinski definition) is 6. The van der Waals surface area contributed by atoms with Crippen LogP contribution in [0.3, 0.4) is 0 Å². The molecule has 9 heteroatoms. The van der Waals surface area contributed by atoms with Crippen molar-refractivity contribution in [2.45, 2.75) is 13.5 Å². The van der Waals surface area contributed by atoms with Gasteiger partial charge in [0, 0.05) is 18.9 Å². The molecule has 1 amide bonds. The van der Waals surface area contributed by atoms with Gasteiger partial charge in [-0.2, -0.15) is 5.10 Å². The number of pyridine rings is 1. The van der Waals surface area contributed by atoms with Gasteiger partial charge in [0.2, 0.25) is 5.95 Å². The van der Waals surface area contributed by atoms with E-state index in [-0.39, 0.29) is 11.9 Å². The number of aromatic nitrogens is 6. The molecular weight excluding hydrogens is 320 g/mol. The van der Waals surface area contributed by atoms with Crippen LogP contribution in [-0.2, 0) is 6.54 Å². The maximum absolute atomic E-state index is 12.5. The van der Waals surface area contributed by atoms with Crippen molar-refractivity contribution in [1.82, 2.24) is 34.4 Å². The Labute approximate surface area is 145 Å². The maximum atomic E-state index is 12.5. The first-order valence-corrected chi connectivity index (χ1v) is 7.85. The molecule has 3 aromatic rings. The average molecular weight is 340 g/mol. The molecule has 0 atom stereocenters. The van der Waals surface area contributed by atoms with Crippen molar-refractivity contribution >= 4 is 11.9 Å². The summed E-state index contributed by atoms with van der Waals surface area (Å²) < 4.78 is 3.39. The predicted molar refractivity (Wildman–Crippen MR) is 92.6 cm³/mol. The van der Waals surface area contributed by atoms with Gasteiger partial charge in [0.15, 0.2) is 0 Å². The minimum Gasteiger partial charge on any atom is -0.308 e. The van der Waals surface area contributed by atoms with E-state index in [1.165, 1.54) is 6.20 Å². The Balaban J connectivity index is 1.71. The van der Waals surface area contributed by atoms with E-state index >= 15 is 0 Å². The van der Waals surface area contributed by atoms with E-state index in [0.29, 0.717) is 12.1 Å². The summed E-state index contributed by atoms with van der Waals surface area (Å²) in [4.78, 5) is 22.6. The normalized spacial score (nSPS) is 11.0. The van der Waals surface area contributed by atoms with Crippen LogP contribution in [0.4, 0.5) is 5.95 Å². The lowest BCUT2D eigenvalue weighted by Crippen LogP contribution is -2.19. The van der Waals surface area contributed by atoms with Crippen molar-refractivity contribution in [1.29, 1.82) is 0 Å². The van der Waals surface area contributed by atoms with Crippen LogP contribution in [0.1, 0.15) is 16.1 Å². The fourth-order valence-corrected chi connectivity index (χ4v) is 2.31. The molecule has 0 fully saturated rings. The second-order valence-electron chi connectivity index (χ2n) is 5.85. The molecule has 0 saturated heterocycles. The summed E-state index contributed by atoms with van der Waals surface area (Å²) in [6.07, 6.45) is 6.50. The van der Waals surface area contributed by atoms with Crippen LogP contribution in [0, 0.1) is 6.92 Å². The van der Waals surface area contributed by atoms with Gasteiger partial charge in [-0.3, -0.25) is 15.1 Å². The van der Waals surface area contributed by atoms with Gasteiger partial charge in [0.25, 0.3) is 5.91 Å². The maximum Gasteiger partial charge on any atom is 0.261 e. The highest BCUT2D eigenvalue weighted by molar-refractivity contribution is 6.04. The molecule has 130 valence electrons. The van der Waals surface area contributed by atoms with E-state index in [1.807, 2.05) is 33.2 Å². The number of carbonyl (C=O) groups is 1. The Morgan fingerprint density at radius 2 is 2.04 bits per heavy atom. The molecule has 0 saturated carbocycles. The summed E-state index contributed by atoms with van der Waals surface area (Å²) in [6, 6.07) is 3.66. The lowest BCUT2D eigenvalue weighted by atomic mass is 10.2. The summed E-state index contributed by atoms with van der Waals surface area (Å²) >= 11 is 0. The van der Waals surface area contributed by atoms with Crippen molar-refractivity contribution in [2.24, 2.45) is 0 Å². The molecule has 9 nitrogen and oxygen atoms in total. The summed E-state index contributed by atoms with van der Waals surface area (Å²) in [6.45, 7) is 3.38. The monoisotopic (exact) mass is 340 g/mol. The van der Waals surface area contributed by atoms with Gasteiger partial charge >= 0.3 is 0 Å². The average Bonchev–Trinajstić information content (AvgIpc) is 3.20. The number of rotatable bonds is 6. The van der Waals surface area contributed by atoms with Crippen molar-refractivity contribution in [3.05, 3.63) is 48.3 Å². The molecule has 0 aliphatic carbocycles. The lowest BCUT2D eigenvalue weighted by Gasteiger charge is -2.08. The highest BCUT2D eigenvalue weighted by Gasteiger charge is 2.16. The van der Waals surface area contributed by atoms with Gasteiger partial charge < -0.3 is 4.90 Å². The molecule has 3 aromatic heterocycles. The van der Waals surface area contributed by atoms with Crippen LogP contribution in [-0.4, -0.2) is 61.0 Å².